The largest absolute Gasteiger partial charge is 0.315 e. The van der Waals surface area contributed by atoms with E-state index in [1.54, 1.807) is 6.92 Å². The SMILES string of the molecule is CCCNCC(C)S(=O)(=O)Nc1nc(C2CC2)cs1. The summed E-state index contributed by atoms with van der Waals surface area (Å²) in [5.41, 5.74) is 1.03. The Morgan fingerprint density at radius 3 is 2.89 bits per heavy atom. The summed E-state index contributed by atoms with van der Waals surface area (Å²) in [5, 5.41) is 5.10. The molecule has 1 unspecified atom stereocenters. The quantitative estimate of drug-likeness (QED) is 0.722. The zero-order chi connectivity index (χ0) is 13.9. The molecule has 19 heavy (non-hydrogen) atoms. The number of thiazole rings is 1. The fraction of sp³-hybridized carbons (Fsp3) is 0.750. The lowest BCUT2D eigenvalue weighted by molar-refractivity contribution is 0.575. The van der Waals surface area contributed by atoms with Crippen LogP contribution in [-0.4, -0.2) is 31.7 Å². The first-order valence-corrected chi connectivity index (χ1v) is 9.13. The van der Waals surface area contributed by atoms with Crippen LogP contribution < -0.4 is 10.0 Å². The smallest absolute Gasteiger partial charge is 0.238 e. The van der Waals surface area contributed by atoms with Gasteiger partial charge in [0, 0.05) is 17.8 Å². The van der Waals surface area contributed by atoms with Gasteiger partial charge >= 0.3 is 0 Å². The maximum atomic E-state index is 12.1. The molecule has 5 nitrogen and oxygen atoms in total. The van der Waals surface area contributed by atoms with E-state index < -0.39 is 15.3 Å². The van der Waals surface area contributed by atoms with Gasteiger partial charge in [-0.15, -0.1) is 11.3 Å². The van der Waals surface area contributed by atoms with Crippen LogP contribution in [0.25, 0.3) is 0 Å². The molecule has 1 heterocycles. The van der Waals surface area contributed by atoms with Gasteiger partial charge in [-0.2, -0.15) is 0 Å². The molecule has 7 heteroatoms. The molecule has 0 bridgehead atoms. The van der Waals surface area contributed by atoms with Gasteiger partial charge < -0.3 is 5.32 Å². The van der Waals surface area contributed by atoms with E-state index in [-0.39, 0.29) is 0 Å². The Morgan fingerprint density at radius 2 is 2.26 bits per heavy atom. The summed E-state index contributed by atoms with van der Waals surface area (Å²) in [4.78, 5) is 4.34. The van der Waals surface area contributed by atoms with Gasteiger partial charge in [-0.1, -0.05) is 6.92 Å². The zero-order valence-corrected chi connectivity index (χ0v) is 13.0. The molecular weight excluding hydrogens is 282 g/mol. The first-order chi connectivity index (χ1) is 9.03. The molecule has 0 amide bonds. The number of sulfonamides is 1. The Labute approximate surface area is 118 Å². The van der Waals surface area contributed by atoms with Crippen molar-refractivity contribution in [1.29, 1.82) is 0 Å². The van der Waals surface area contributed by atoms with Crippen molar-refractivity contribution in [2.45, 2.75) is 44.3 Å². The average molecular weight is 303 g/mol. The van der Waals surface area contributed by atoms with E-state index in [0.29, 0.717) is 17.6 Å². The highest BCUT2D eigenvalue weighted by atomic mass is 32.2. The normalized spacial score (nSPS) is 17.4. The molecule has 0 radical (unpaired) electrons. The van der Waals surface area contributed by atoms with E-state index >= 15 is 0 Å². The molecule has 0 aliphatic heterocycles. The van der Waals surface area contributed by atoms with Crippen LogP contribution in [-0.2, 0) is 10.0 Å². The Morgan fingerprint density at radius 1 is 1.53 bits per heavy atom. The minimum absolute atomic E-state index is 0.462. The minimum Gasteiger partial charge on any atom is -0.315 e. The van der Waals surface area contributed by atoms with Gasteiger partial charge in [0.1, 0.15) is 0 Å². The Bertz CT molecular complexity index is 509. The van der Waals surface area contributed by atoms with E-state index in [9.17, 15) is 8.42 Å². The molecule has 108 valence electrons. The highest BCUT2D eigenvalue weighted by Crippen LogP contribution is 2.41. The van der Waals surface area contributed by atoms with Gasteiger partial charge in [0.05, 0.1) is 10.9 Å². The summed E-state index contributed by atoms with van der Waals surface area (Å²) >= 11 is 1.37. The molecular formula is C12H21N3O2S2. The third-order valence-electron chi connectivity index (χ3n) is 3.14. The molecule has 1 atom stereocenters. The maximum Gasteiger partial charge on any atom is 0.238 e. The van der Waals surface area contributed by atoms with E-state index in [1.165, 1.54) is 24.2 Å². The van der Waals surface area contributed by atoms with Crippen molar-refractivity contribution in [3.63, 3.8) is 0 Å². The summed E-state index contributed by atoms with van der Waals surface area (Å²) < 4.78 is 26.8. The molecule has 2 N–H and O–H groups in total. The Hall–Kier alpha value is -0.660. The molecule has 0 aromatic carbocycles. The third kappa shape index (κ3) is 4.15. The van der Waals surface area contributed by atoms with Crippen LogP contribution in [0.5, 0.6) is 0 Å². The van der Waals surface area contributed by atoms with E-state index in [4.69, 9.17) is 0 Å². The second-order valence-corrected chi connectivity index (χ2v) is 7.97. The van der Waals surface area contributed by atoms with E-state index in [0.717, 1.165) is 18.7 Å². The molecule has 0 spiro atoms. The molecule has 2 rings (SSSR count). The van der Waals surface area contributed by atoms with Crippen molar-refractivity contribution < 1.29 is 8.42 Å². The minimum atomic E-state index is -3.35. The number of nitrogens with one attached hydrogen (secondary N) is 2. The van der Waals surface area contributed by atoms with Crippen LogP contribution in [0.3, 0.4) is 0 Å². The van der Waals surface area contributed by atoms with Crippen molar-refractivity contribution in [3.05, 3.63) is 11.1 Å². The average Bonchev–Trinajstić information content (AvgIpc) is 3.11. The van der Waals surface area contributed by atoms with Gasteiger partial charge in [-0.3, -0.25) is 4.72 Å². The highest BCUT2D eigenvalue weighted by Gasteiger charge is 2.27. The molecule has 1 aliphatic carbocycles. The third-order valence-corrected chi connectivity index (χ3v) is 5.74. The zero-order valence-electron chi connectivity index (χ0n) is 11.3. The van der Waals surface area contributed by atoms with Gasteiger partial charge in [0.2, 0.25) is 10.0 Å². The lowest BCUT2D eigenvalue weighted by atomic mass is 10.3. The molecule has 1 aromatic heterocycles. The van der Waals surface area contributed by atoms with Crippen LogP contribution in [0, 0.1) is 0 Å². The lowest BCUT2D eigenvalue weighted by Crippen LogP contribution is -2.35. The van der Waals surface area contributed by atoms with E-state index in [2.05, 4.69) is 21.9 Å². The summed E-state index contributed by atoms with van der Waals surface area (Å²) in [7, 11) is -3.35. The van der Waals surface area contributed by atoms with Crippen LogP contribution in [0.1, 0.15) is 44.7 Å². The first-order valence-electron chi connectivity index (χ1n) is 6.70. The van der Waals surface area contributed by atoms with Crippen molar-refractivity contribution in [2.24, 2.45) is 0 Å². The van der Waals surface area contributed by atoms with Crippen molar-refractivity contribution in [3.8, 4) is 0 Å². The highest BCUT2D eigenvalue weighted by molar-refractivity contribution is 7.93. The fourth-order valence-corrected chi connectivity index (χ4v) is 3.72. The summed E-state index contributed by atoms with van der Waals surface area (Å²) in [6.07, 6.45) is 3.35. The molecule has 1 aliphatic rings. The van der Waals surface area contributed by atoms with Crippen molar-refractivity contribution in [1.82, 2.24) is 10.3 Å². The number of hydrogen-bond acceptors (Lipinski definition) is 5. The predicted molar refractivity (Wildman–Crippen MR) is 79.3 cm³/mol. The number of anilines is 1. The predicted octanol–water partition coefficient (Wildman–Crippen LogP) is 2.15. The Kier molecular flexibility index (Phi) is 4.81. The van der Waals surface area contributed by atoms with Crippen molar-refractivity contribution >= 4 is 26.5 Å². The second-order valence-electron chi connectivity index (χ2n) is 5.01. The maximum absolute atomic E-state index is 12.1. The van der Waals surface area contributed by atoms with Gasteiger partial charge in [0.15, 0.2) is 5.13 Å². The fourth-order valence-electron chi connectivity index (χ4n) is 1.71. The Balaban J connectivity index is 1.91. The van der Waals surface area contributed by atoms with Gasteiger partial charge in [-0.25, -0.2) is 13.4 Å². The molecule has 0 saturated heterocycles. The van der Waals surface area contributed by atoms with Gasteiger partial charge in [0.25, 0.3) is 0 Å². The molecule has 1 saturated carbocycles. The number of hydrogen-bond donors (Lipinski definition) is 2. The van der Waals surface area contributed by atoms with Gasteiger partial charge in [-0.05, 0) is 32.7 Å². The lowest BCUT2D eigenvalue weighted by Gasteiger charge is -2.13. The van der Waals surface area contributed by atoms with Crippen LogP contribution in [0.15, 0.2) is 5.38 Å². The molecule has 1 aromatic rings. The number of rotatable bonds is 8. The number of nitrogens with zero attached hydrogens (tertiary/aromatic N) is 1. The van der Waals surface area contributed by atoms with Crippen LogP contribution in [0.4, 0.5) is 5.13 Å². The second kappa shape index (κ2) is 6.19. The first kappa shape index (κ1) is 14.7. The number of aromatic nitrogens is 1. The summed E-state index contributed by atoms with van der Waals surface area (Å²) in [6.45, 7) is 5.06. The summed E-state index contributed by atoms with van der Waals surface area (Å²) in [6, 6.07) is 0. The summed E-state index contributed by atoms with van der Waals surface area (Å²) in [5.74, 6) is 0.554. The molecule has 1 fully saturated rings. The van der Waals surface area contributed by atoms with Crippen LogP contribution in [0.2, 0.25) is 0 Å². The standard InChI is InChI=1S/C12H21N3O2S2/c1-3-6-13-7-9(2)19(16,17)15-12-14-11(8-18-12)10-4-5-10/h8-10,13H,3-7H2,1-2H3,(H,14,15). The topological polar surface area (TPSA) is 71.1 Å². The van der Waals surface area contributed by atoms with Crippen LogP contribution >= 0.6 is 11.3 Å². The van der Waals surface area contributed by atoms with Crippen molar-refractivity contribution in [2.75, 3.05) is 17.8 Å². The monoisotopic (exact) mass is 303 g/mol. The van der Waals surface area contributed by atoms with E-state index in [1.807, 2.05) is 5.38 Å².